The van der Waals surface area contributed by atoms with Gasteiger partial charge in [0.25, 0.3) is 0 Å². The Labute approximate surface area is 101 Å². The van der Waals surface area contributed by atoms with Crippen LogP contribution in [-0.2, 0) is 0 Å². The molecular weight excluding hydrogens is 219 g/mol. The molecule has 0 spiro atoms. The molecule has 1 aromatic heterocycles. The normalized spacial score (nSPS) is 19.8. The highest BCUT2D eigenvalue weighted by Gasteiger charge is 2.21. The van der Waals surface area contributed by atoms with E-state index in [1.807, 2.05) is 0 Å². The van der Waals surface area contributed by atoms with Crippen LogP contribution < -0.4 is 4.74 Å². The van der Waals surface area contributed by atoms with Crippen LogP contribution >= 0.6 is 0 Å². The monoisotopic (exact) mass is 234 g/mol. The first kappa shape index (κ1) is 11.9. The Bertz CT molecular complexity index is 439. The molecule has 2 heterocycles. The van der Waals surface area contributed by atoms with Gasteiger partial charge in [0.2, 0.25) is 0 Å². The van der Waals surface area contributed by atoms with Crippen LogP contribution in [0.5, 0.6) is 5.75 Å². The third-order valence-electron chi connectivity index (χ3n) is 3.02. The Morgan fingerprint density at radius 3 is 3.18 bits per heavy atom. The number of hydrogen-bond donors (Lipinski definition) is 0. The second-order valence-electron chi connectivity index (χ2n) is 4.22. The molecule has 3 nitrogen and oxygen atoms in total. The predicted octanol–water partition coefficient (Wildman–Crippen LogP) is 1.83. The van der Waals surface area contributed by atoms with Crippen molar-refractivity contribution in [2.45, 2.75) is 18.9 Å². The molecule has 0 saturated carbocycles. The Kier molecular flexibility index (Phi) is 3.94. The number of hydrogen-bond acceptors (Lipinski definition) is 3. The van der Waals surface area contributed by atoms with Crippen molar-refractivity contribution >= 4 is 0 Å². The third-order valence-corrected chi connectivity index (χ3v) is 3.02. The zero-order chi connectivity index (χ0) is 12.1. The zero-order valence-corrected chi connectivity index (χ0v) is 9.82. The van der Waals surface area contributed by atoms with Gasteiger partial charge in [0.15, 0.2) is 0 Å². The molecular formula is C13H15FN2O. The van der Waals surface area contributed by atoms with Crippen LogP contribution in [0.15, 0.2) is 18.5 Å². The number of halogens is 1. The van der Waals surface area contributed by atoms with Gasteiger partial charge in [0.1, 0.15) is 18.5 Å². The van der Waals surface area contributed by atoms with Crippen LogP contribution in [0.3, 0.4) is 0 Å². The summed E-state index contributed by atoms with van der Waals surface area (Å²) in [4.78, 5) is 6.25. The molecule has 1 saturated heterocycles. The van der Waals surface area contributed by atoms with Gasteiger partial charge in [0, 0.05) is 17.8 Å². The number of likely N-dealkylation sites (N-methyl/N-ethyl adjacent to an activating group) is 1. The summed E-state index contributed by atoms with van der Waals surface area (Å²) in [6.07, 6.45) is 6.88. The maximum Gasteiger partial charge on any atom is 0.138 e. The van der Waals surface area contributed by atoms with Gasteiger partial charge in [-0.25, -0.2) is 0 Å². The van der Waals surface area contributed by atoms with Crippen molar-refractivity contribution in [2.75, 3.05) is 20.2 Å². The van der Waals surface area contributed by atoms with Crippen LogP contribution in [0, 0.1) is 12.1 Å². The number of pyridine rings is 1. The SMILES string of the molecule is CN1CCC[C@H]1COc1cncc(C#CF)c1. The molecule has 1 aromatic rings. The lowest BCUT2D eigenvalue weighted by atomic mass is 10.2. The fraction of sp³-hybridized carbons (Fsp3) is 0.462. The minimum Gasteiger partial charge on any atom is -0.490 e. The average molecular weight is 234 g/mol. The van der Waals surface area contributed by atoms with E-state index in [4.69, 9.17) is 4.74 Å². The summed E-state index contributed by atoms with van der Waals surface area (Å²) in [5.74, 6) is 2.96. The second-order valence-corrected chi connectivity index (χ2v) is 4.22. The van der Waals surface area contributed by atoms with E-state index in [1.165, 1.54) is 18.8 Å². The summed E-state index contributed by atoms with van der Waals surface area (Å²) in [7, 11) is 2.10. The summed E-state index contributed by atoms with van der Waals surface area (Å²) in [5, 5.41) is 0. The van der Waals surface area contributed by atoms with Crippen molar-refractivity contribution in [2.24, 2.45) is 0 Å². The lowest BCUT2D eigenvalue weighted by Gasteiger charge is -2.19. The fourth-order valence-electron chi connectivity index (χ4n) is 2.00. The minimum absolute atomic E-state index is 0.464. The lowest BCUT2D eigenvalue weighted by molar-refractivity contribution is 0.198. The van der Waals surface area contributed by atoms with Gasteiger partial charge in [-0.3, -0.25) is 4.98 Å². The van der Waals surface area contributed by atoms with Crippen molar-refractivity contribution in [1.82, 2.24) is 9.88 Å². The molecule has 4 heteroatoms. The van der Waals surface area contributed by atoms with Gasteiger partial charge < -0.3 is 9.64 Å². The van der Waals surface area contributed by atoms with Gasteiger partial charge in [-0.15, -0.1) is 4.39 Å². The van der Waals surface area contributed by atoms with Gasteiger partial charge in [-0.2, -0.15) is 0 Å². The van der Waals surface area contributed by atoms with E-state index in [9.17, 15) is 4.39 Å². The Morgan fingerprint density at radius 1 is 1.59 bits per heavy atom. The van der Waals surface area contributed by atoms with Crippen molar-refractivity contribution in [3.8, 4) is 17.8 Å². The van der Waals surface area contributed by atoms with E-state index in [-0.39, 0.29) is 0 Å². The van der Waals surface area contributed by atoms with Crippen LogP contribution in [0.25, 0.3) is 0 Å². The Balaban J connectivity index is 1.93. The van der Waals surface area contributed by atoms with E-state index in [2.05, 4.69) is 22.9 Å². The van der Waals surface area contributed by atoms with Crippen molar-refractivity contribution in [3.05, 3.63) is 24.0 Å². The van der Waals surface area contributed by atoms with Crippen LogP contribution in [0.2, 0.25) is 0 Å². The van der Waals surface area contributed by atoms with Crippen molar-refractivity contribution < 1.29 is 9.13 Å². The molecule has 0 aromatic carbocycles. The first-order valence-corrected chi connectivity index (χ1v) is 5.69. The van der Waals surface area contributed by atoms with Gasteiger partial charge in [0.05, 0.1) is 6.20 Å². The summed E-state index contributed by atoms with van der Waals surface area (Å²) in [6.45, 7) is 1.77. The molecule has 17 heavy (non-hydrogen) atoms. The van der Waals surface area contributed by atoms with Crippen LogP contribution in [0.1, 0.15) is 18.4 Å². The average Bonchev–Trinajstić information content (AvgIpc) is 2.73. The maximum absolute atomic E-state index is 11.9. The Morgan fingerprint density at radius 2 is 2.47 bits per heavy atom. The van der Waals surface area contributed by atoms with Crippen molar-refractivity contribution in [3.63, 3.8) is 0 Å². The Hall–Kier alpha value is -1.60. The molecule has 1 atom stereocenters. The minimum atomic E-state index is 0.464. The highest BCUT2D eigenvalue weighted by molar-refractivity contribution is 5.35. The molecule has 1 aliphatic rings. The van der Waals surface area contributed by atoms with Crippen molar-refractivity contribution in [1.29, 1.82) is 0 Å². The van der Waals surface area contributed by atoms with E-state index in [0.717, 1.165) is 13.0 Å². The number of aromatic nitrogens is 1. The molecule has 0 N–H and O–H groups in total. The topological polar surface area (TPSA) is 25.4 Å². The van der Waals surface area contributed by atoms with Gasteiger partial charge >= 0.3 is 0 Å². The molecule has 0 unspecified atom stereocenters. The molecule has 2 rings (SSSR count). The lowest BCUT2D eigenvalue weighted by Crippen LogP contribution is -2.30. The van der Waals surface area contributed by atoms with Crippen LogP contribution in [-0.4, -0.2) is 36.1 Å². The van der Waals surface area contributed by atoms with Crippen LogP contribution in [0.4, 0.5) is 4.39 Å². The quantitative estimate of drug-likeness (QED) is 0.746. The molecule has 1 aliphatic heterocycles. The summed E-state index contributed by atoms with van der Waals surface area (Å²) in [5.41, 5.74) is 0.532. The summed E-state index contributed by atoms with van der Waals surface area (Å²) < 4.78 is 17.5. The number of ether oxygens (including phenoxy) is 1. The molecule has 90 valence electrons. The van der Waals surface area contributed by atoms with E-state index >= 15 is 0 Å². The zero-order valence-electron chi connectivity index (χ0n) is 9.82. The highest BCUT2D eigenvalue weighted by Crippen LogP contribution is 2.17. The number of nitrogens with zero attached hydrogens (tertiary/aromatic N) is 2. The predicted molar refractivity (Wildman–Crippen MR) is 63.4 cm³/mol. The summed E-state index contributed by atoms with van der Waals surface area (Å²) >= 11 is 0. The largest absolute Gasteiger partial charge is 0.490 e. The van der Waals surface area contributed by atoms with Gasteiger partial charge in [-0.05, 0) is 38.4 Å². The first-order valence-electron chi connectivity index (χ1n) is 5.69. The van der Waals surface area contributed by atoms with E-state index in [1.54, 1.807) is 12.3 Å². The molecule has 0 radical (unpaired) electrons. The van der Waals surface area contributed by atoms with Gasteiger partial charge in [-0.1, -0.05) is 0 Å². The third kappa shape index (κ3) is 3.18. The molecule has 1 fully saturated rings. The maximum atomic E-state index is 11.9. The first-order chi connectivity index (χ1) is 8.29. The molecule has 0 aliphatic carbocycles. The van der Waals surface area contributed by atoms with E-state index < -0.39 is 0 Å². The standard InChI is InChI=1S/C13H15FN2O/c1-16-6-2-3-12(16)10-17-13-7-11(4-5-14)8-15-9-13/h7-9,12H,2-3,6,10H2,1H3/t12-/m0/s1. The number of likely N-dealkylation sites (tertiary alicyclic amines) is 1. The summed E-state index contributed by atoms with van der Waals surface area (Å²) in [6, 6.07) is 2.17. The van der Waals surface area contributed by atoms with E-state index in [0.29, 0.717) is 24.0 Å². The smallest absolute Gasteiger partial charge is 0.138 e. The second kappa shape index (κ2) is 5.65. The molecule has 0 bridgehead atoms. The number of rotatable bonds is 3. The molecule has 0 amide bonds. The fourth-order valence-corrected chi connectivity index (χ4v) is 2.00. The highest BCUT2D eigenvalue weighted by atomic mass is 19.1.